The molecule has 1 aromatic carbocycles. The number of hydrogen-bond acceptors (Lipinski definition) is 4. The van der Waals surface area contributed by atoms with E-state index in [0.717, 1.165) is 0 Å². The summed E-state index contributed by atoms with van der Waals surface area (Å²) in [5.74, 6) is 0. The van der Waals surface area contributed by atoms with E-state index in [2.05, 4.69) is 10.2 Å². The summed E-state index contributed by atoms with van der Waals surface area (Å²) < 4.78 is 0. The van der Waals surface area contributed by atoms with Crippen LogP contribution in [-0.2, 0) is 0 Å². The van der Waals surface area contributed by atoms with Gasteiger partial charge in [0.2, 0.25) is 0 Å². The summed E-state index contributed by atoms with van der Waals surface area (Å²) in [5.41, 5.74) is 0.653. The third-order valence-corrected chi connectivity index (χ3v) is 1.86. The number of non-ortho nitro benzene ring substituents is 1. The third-order valence-electron chi connectivity index (χ3n) is 1.86. The van der Waals surface area contributed by atoms with Gasteiger partial charge in [0.15, 0.2) is 0 Å². The van der Waals surface area contributed by atoms with Gasteiger partial charge in [0.25, 0.3) is 5.69 Å². The van der Waals surface area contributed by atoms with Gasteiger partial charge in [0, 0.05) is 17.5 Å². The largest absolute Gasteiger partial charge is 0.276 e. The van der Waals surface area contributed by atoms with Crippen molar-refractivity contribution in [3.05, 3.63) is 34.0 Å². The molecule has 0 fully saturated rings. The molecule has 0 radical (unpaired) electrons. The Kier molecular flexibility index (Phi) is 1.65. The molecule has 1 N–H and O–H groups in total. The number of H-pyrrole nitrogens is 1. The number of nitrogens with one attached hydrogen (secondary N) is 1. The van der Waals surface area contributed by atoms with Gasteiger partial charge in [0.1, 0.15) is 6.07 Å². The van der Waals surface area contributed by atoms with Crippen LogP contribution in [0.5, 0.6) is 0 Å². The van der Waals surface area contributed by atoms with Gasteiger partial charge in [-0.25, -0.2) is 0 Å². The monoisotopic (exact) mass is 188 g/mol. The van der Waals surface area contributed by atoms with Crippen LogP contribution in [0.4, 0.5) is 5.69 Å². The Hall–Kier alpha value is -2.42. The zero-order valence-electron chi connectivity index (χ0n) is 6.89. The predicted molar refractivity (Wildman–Crippen MR) is 47.5 cm³/mol. The molecule has 0 aliphatic carbocycles. The summed E-state index contributed by atoms with van der Waals surface area (Å²) in [6.07, 6.45) is 1.45. The van der Waals surface area contributed by atoms with Crippen LogP contribution in [0.3, 0.4) is 0 Å². The van der Waals surface area contributed by atoms with E-state index in [-0.39, 0.29) is 11.3 Å². The van der Waals surface area contributed by atoms with Crippen LogP contribution in [-0.4, -0.2) is 15.1 Å². The number of aromatic amines is 1. The minimum atomic E-state index is -0.534. The molecule has 0 saturated heterocycles. The van der Waals surface area contributed by atoms with Crippen LogP contribution in [0.25, 0.3) is 10.9 Å². The number of rotatable bonds is 1. The number of aromatic nitrogens is 2. The van der Waals surface area contributed by atoms with E-state index in [0.29, 0.717) is 10.9 Å². The molecule has 2 aromatic rings. The predicted octanol–water partition coefficient (Wildman–Crippen LogP) is 1.34. The number of nitro groups is 1. The van der Waals surface area contributed by atoms with Gasteiger partial charge in [-0.1, -0.05) is 0 Å². The van der Waals surface area contributed by atoms with Gasteiger partial charge in [-0.3, -0.25) is 15.2 Å². The molecule has 0 atom stereocenters. The normalized spacial score (nSPS) is 9.93. The highest BCUT2D eigenvalue weighted by atomic mass is 16.6. The fourth-order valence-electron chi connectivity index (χ4n) is 1.24. The van der Waals surface area contributed by atoms with E-state index < -0.39 is 4.92 Å². The number of nitro benzene ring substituents is 1. The minimum absolute atomic E-state index is 0.101. The van der Waals surface area contributed by atoms with Crippen LogP contribution in [0.15, 0.2) is 18.3 Å². The van der Waals surface area contributed by atoms with Crippen molar-refractivity contribution in [2.24, 2.45) is 0 Å². The van der Waals surface area contributed by atoms with Crippen LogP contribution in [0.1, 0.15) is 5.56 Å². The van der Waals surface area contributed by atoms with E-state index in [1.807, 2.05) is 6.07 Å². The smallest absolute Gasteiger partial charge is 0.271 e. The molecule has 6 nitrogen and oxygen atoms in total. The SMILES string of the molecule is N#Cc1cc([N+](=O)[O-])cc2cn[nH]c12. The van der Waals surface area contributed by atoms with Crippen LogP contribution < -0.4 is 0 Å². The summed E-state index contributed by atoms with van der Waals surface area (Å²) in [4.78, 5) is 9.97. The summed E-state index contributed by atoms with van der Waals surface area (Å²) in [5, 5.41) is 26.1. The Balaban J connectivity index is 2.82. The topological polar surface area (TPSA) is 95.6 Å². The van der Waals surface area contributed by atoms with Gasteiger partial charge >= 0.3 is 0 Å². The number of hydrogen-bond donors (Lipinski definition) is 1. The molecule has 68 valence electrons. The van der Waals surface area contributed by atoms with Crippen LogP contribution >= 0.6 is 0 Å². The molecule has 0 aliphatic heterocycles. The number of nitrogens with zero attached hydrogens (tertiary/aromatic N) is 3. The Bertz CT molecular complexity index is 552. The minimum Gasteiger partial charge on any atom is -0.276 e. The maximum absolute atomic E-state index is 10.5. The molecule has 0 amide bonds. The van der Waals surface area contributed by atoms with E-state index in [9.17, 15) is 10.1 Å². The van der Waals surface area contributed by atoms with Gasteiger partial charge < -0.3 is 0 Å². The van der Waals surface area contributed by atoms with Crippen molar-refractivity contribution >= 4 is 16.6 Å². The third kappa shape index (κ3) is 1.08. The first kappa shape index (κ1) is 8.19. The quantitative estimate of drug-likeness (QED) is 0.539. The van der Waals surface area contributed by atoms with Gasteiger partial charge in [-0.05, 0) is 0 Å². The molecule has 1 heterocycles. The highest BCUT2D eigenvalue weighted by Gasteiger charge is 2.12. The molecular formula is C8H4N4O2. The second-order valence-corrected chi connectivity index (χ2v) is 2.70. The lowest BCUT2D eigenvalue weighted by atomic mass is 10.1. The van der Waals surface area contributed by atoms with Crippen molar-refractivity contribution in [3.8, 4) is 6.07 Å². The zero-order chi connectivity index (χ0) is 10.1. The summed E-state index contributed by atoms with van der Waals surface area (Å²) in [7, 11) is 0. The second-order valence-electron chi connectivity index (χ2n) is 2.70. The standard InChI is InChI=1S/C8H4N4O2/c9-3-5-1-7(12(13)14)2-6-4-10-11-8(5)6/h1-2,4H,(H,10,11). The highest BCUT2D eigenvalue weighted by molar-refractivity contribution is 5.86. The molecule has 0 saturated carbocycles. The molecule has 1 aromatic heterocycles. The summed E-state index contributed by atoms with van der Waals surface area (Å²) in [6.45, 7) is 0. The number of benzene rings is 1. The Morgan fingerprint density at radius 3 is 3.00 bits per heavy atom. The van der Waals surface area contributed by atoms with E-state index in [1.165, 1.54) is 18.3 Å². The lowest BCUT2D eigenvalue weighted by Gasteiger charge is -1.93. The van der Waals surface area contributed by atoms with E-state index in [1.54, 1.807) is 0 Å². The molecular weight excluding hydrogens is 184 g/mol. The molecule has 2 rings (SSSR count). The van der Waals surface area contributed by atoms with Crippen molar-refractivity contribution in [1.82, 2.24) is 10.2 Å². The second kappa shape index (κ2) is 2.81. The fourth-order valence-corrected chi connectivity index (χ4v) is 1.24. The average Bonchev–Trinajstić information content (AvgIpc) is 2.63. The summed E-state index contributed by atoms with van der Waals surface area (Å²) in [6, 6.07) is 4.47. The molecule has 0 spiro atoms. The first-order chi connectivity index (χ1) is 6.72. The Morgan fingerprint density at radius 1 is 1.57 bits per heavy atom. The van der Waals surface area contributed by atoms with Gasteiger partial charge in [-0.15, -0.1) is 0 Å². The first-order valence-corrected chi connectivity index (χ1v) is 3.74. The van der Waals surface area contributed by atoms with Gasteiger partial charge in [0.05, 0.1) is 22.2 Å². The van der Waals surface area contributed by atoms with Crippen molar-refractivity contribution in [2.75, 3.05) is 0 Å². The van der Waals surface area contributed by atoms with E-state index in [4.69, 9.17) is 5.26 Å². The van der Waals surface area contributed by atoms with Crippen molar-refractivity contribution in [1.29, 1.82) is 5.26 Å². The first-order valence-electron chi connectivity index (χ1n) is 3.74. The molecule has 0 unspecified atom stereocenters. The summed E-state index contributed by atoms with van der Waals surface area (Å²) >= 11 is 0. The lowest BCUT2D eigenvalue weighted by molar-refractivity contribution is -0.384. The Morgan fingerprint density at radius 2 is 2.36 bits per heavy atom. The molecule has 14 heavy (non-hydrogen) atoms. The molecule has 0 aliphatic rings. The fraction of sp³-hybridized carbons (Fsp3) is 0. The van der Waals surface area contributed by atoms with Crippen LogP contribution in [0.2, 0.25) is 0 Å². The maximum atomic E-state index is 10.5. The lowest BCUT2D eigenvalue weighted by Crippen LogP contribution is -1.89. The van der Waals surface area contributed by atoms with Crippen LogP contribution in [0, 0.1) is 21.4 Å². The van der Waals surface area contributed by atoms with Crippen molar-refractivity contribution in [3.63, 3.8) is 0 Å². The zero-order valence-corrected chi connectivity index (χ0v) is 6.89. The molecule has 6 heteroatoms. The van der Waals surface area contributed by atoms with Crippen molar-refractivity contribution < 1.29 is 4.92 Å². The van der Waals surface area contributed by atoms with E-state index >= 15 is 0 Å². The van der Waals surface area contributed by atoms with Gasteiger partial charge in [-0.2, -0.15) is 10.4 Å². The average molecular weight is 188 g/mol. The van der Waals surface area contributed by atoms with Crippen molar-refractivity contribution in [2.45, 2.75) is 0 Å². The highest BCUT2D eigenvalue weighted by Crippen LogP contribution is 2.22. The molecule has 0 bridgehead atoms. The number of fused-ring (bicyclic) bond motifs is 1. The number of nitriles is 1. The maximum Gasteiger partial charge on any atom is 0.271 e. The Labute approximate surface area is 77.9 Å².